The molecule has 0 heterocycles. The van der Waals surface area contributed by atoms with Gasteiger partial charge in [0.2, 0.25) is 0 Å². The summed E-state index contributed by atoms with van der Waals surface area (Å²) in [5, 5.41) is 8.91. The van der Waals surface area contributed by atoms with Crippen LogP contribution in [0, 0.1) is 17.8 Å². The summed E-state index contributed by atoms with van der Waals surface area (Å²) in [7, 11) is 4.17. The van der Waals surface area contributed by atoms with Gasteiger partial charge in [-0.25, -0.2) is 0 Å². The largest absolute Gasteiger partial charge is 0.481 e. The topological polar surface area (TPSA) is 40.5 Å². The van der Waals surface area contributed by atoms with Gasteiger partial charge in [-0.1, -0.05) is 6.42 Å². The fraction of sp³-hybridized carbons (Fsp3) is 0.909. The monoisotopic (exact) mass is 197 g/mol. The molecule has 0 aromatic heterocycles. The van der Waals surface area contributed by atoms with Crippen molar-refractivity contribution in [3.63, 3.8) is 0 Å². The summed E-state index contributed by atoms with van der Waals surface area (Å²) in [5.41, 5.74) is 0. The highest BCUT2D eigenvalue weighted by atomic mass is 16.4. The van der Waals surface area contributed by atoms with Gasteiger partial charge in [0.25, 0.3) is 0 Å². The Labute approximate surface area is 85.1 Å². The third-order valence-electron chi connectivity index (χ3n) is 3.82. The predicted octanol–water partition coefficient (Wildman–Crippen LogP) is 1.44. The number of nitrogens with zero attached hydrogens (tertiary/aromatic N) is 1. The van der Waals surface area contributed by atoms with Crippen LogP contribution in [0.2, 0.25) is 0 Å². The fourth-order valence-electron chi connectivity index (χ4n) is 2.81. The van der Waals surface area contributed by atoms with Crippen LogP contribution in [0.15, 0.2) is 0 Å². The van der Waals surface area contributed by atoms with Gasteiger partial charge in [-0.15, -0.1) is 0 Å². The molecule has 0 saturated heterocycles. The van der Waals surface area contributed by atoms with E-state index in [-0.39, 0.29) is 5.92 Å². The molecular weight excluding hydrogens is 178 g/mol. The molecule has 3 heteroatoms. The van der Waals surface area contributed by atoms with Crippen molar-refractivity contribution < 1.29 is 9.90 Å². The maximum atomic E-state index is 10.8. The van der Waals surface area contributed by atoms with Gasteiger partial charge >= 0.3 is 5.97 Å². The maximum absolute atomic E-state index is 10.8. The van der Waals surface area contributed by atoms with Crippen molar-refractivity contribution in [1.82, 2.24) is 4.90 Å². The van der Waals surface area contributed by atoms with Gasteiger partial charge in [0.15, 0.2) is 0 Å². The number of hydrogen-bond acceptors (Lipinski definition) is 2. The molecule has 2 saturated carbocycles. The van der Waals surface area contributed by atoms with Gasteiger partial charge in [0.05, 0.1) is 5.92 Å². The first-order valence-corrected chi connectivity index (χ1v) is 5.50. The van der Waals surface area contributed by atoms with Gasteiger partial charge in [0.1, 0.15) is 0 Å². The van der Waals surface area contributed by atoms with Gasteiger partial charge in [-0.05, 0) is 45.2 Å². The van der Waals surface area contributed by atoms with Crippen molar-refractivity contribution in [1.29, 1.82) is 0 Å². The van der Waals surface area contributed by atoms with Crippen LogP contribution in [-0.2, 0) is 4.79 Å². The molecule has 3 nitrogen and oxygen atoms in total. The zero-order chi connectivity index (χ0) is 10.3. The third kappa shape index (κ3) is 1.65. The number of hydrogen-bond donors (Lipinski definition) is 1. The zero-order valence-corrected chi connectivity index (χ0v) is 8.94. The van der Waals surface area contributed by atoms with Crippen molar-refractivity contribution in [2.75, 3.05) is 14.1 Å². The predicted molar refractivity (Wildman–Crippen MR) is 54.0 cm³/mol. The molecule has 1 N–H and O–H groups in total. The van der Waals surface area contributed by atoms with E-state index in [1.165, 1.54) is 19.3 Å². The Kier molecular flexibility index (Phi) is 2.52. The van der Waals surface area contributed by atoms with E-state index in [0.29, 0.717) is 12.0 Å². The van der Waals surface area contributed by atoms with Crippen molar-refractivity contribution >= 4 is 5.97 Å². The second-order valence-corrected chi connectivity index (χ2v) is 4.99. The molecule has 80 valence electrons. The Balaban J connectivity index is 1.95. The number of rotatable bonds is 4. The summed E-state index contributed by atoms with van der Waals surface area (Å²) in [4.78, 5) is 13.0. The lowest BCUT2D eigenvalue weighted by Gasteiger charge is -2.38. The summed E-state index contributed by atoms with van der Waals surface area (Å²) in [6, 6.07) is 0.518. The summed E-state index contributed by atoms with van der Waals surface area (Å²) in [6.07, 6.45) is 4.82. The lowest BCUT2D eigenvalue weighted by Crippen LogP contribution is -2.41. The fourth-order valence-corrected chi connectivity index (χ4v) is 2.81. The van der Waals surface area contributed by atoms with Crippen LogP contribution >= 0.6 is 0 Å². The van der Waals surface area contributed by atoms with Gasteiger partial charge in [0, 0.05) is 6.04 Å². The Bertz CT molecular complexity index is 235. The Morgan fingerprint density at radius 2 is 2.07 bits per heavy atom. The average Bonchev–Trinajstić information content (AvgIpc) is 2.73. The molecular formula is C11H19NO2. The van der Waals surface area contributed by atoms with Crippen molar-refractivity contribution in [2.24, 2.45) is 17.8 Å². The van der Waals surface area contributed by atoms with Gasteiger partial charge in [-0.3, -0.25) is 4.79 Å². The van der Waals surface area contributed by atoms with E-state index >= 15 is 0 Å². The standard InChI is InChI=1S/C11H19NO2/c1-12(2)10(7-4-3-5-7)8-6-9(8)11(13)14/h7-10H,3-6H2,1-2H3,(H,13,14). The minimum atomic E-state index is -0.596. The second kappa shape index (κ2) is 3.54. The minimum absolute atomic E-state index is 0.0528. The normalized spacial score (nSPS) is 33.9. The van der Waals surface area contributed by atoms with Crippen LogP contribution in [0.3, 0.4) is 0 Å². The number of aliphatic carboxylic acids is 1. The van der Waals surface area contributed by atoms with E-state index in [1.807, 2.05) is 0 Å². The first kappa shape index (κ1) is 9.97. The quantitative estimate of drug-likeness (QED) is 0.741. The Morgan fingerprint density at radius 3 is 2.36 bits per heavy atom. The molecule has 2 fully saturated rings. The van der Waals surface area contributed by atoms with Crippen molar-refractivity contribution in [3.8, 4) is 0 Å². The molecule has 0 amide bonds. The molecule has 14 heavy (non-hydrogen) atoms. The highest BCUT2D eigenvalue weighted by Gasteiger charge is 2.51. The number of carboxylic acids is 1. The van der Waals surface area contributed by atoms with E-state index in [4.69, 9.17) is 5.11 Å². The molecule has 2 aliphatic carbocycles. The minimum Gasteiger partial charge on any atom is -0.481 e. The van der Waals surface area contributed by atoms with Crippen LogP contribution < -0.4 is 0 Å². The van der Waals surface area contributed by atoms with Crippen LogP contribution in [0.4, 0.5) is 0 Å². The first-order valence-electron chi connectivity index (χ1n) is 5.50. The van der Waals surface area contributed by atoms with E-state index < -0.39 is 5.97 Å². The highest BCUT2D eigenvalue weighted by molar-refractivity contribution is 5.73. The van der Waals surface area contributed by atoms with E-state index in [9.17, 15) is 4.79 Å². The van der Waals surface area contributed by atoms with E-state index in [2.05, 4.69) is 19.0 Å². The average molecular weight is 197 g/mol. The van der Waals surface area contributed by atoms with Crippen LogP contribution in [0.25, 0.3) is 0 Å². The molecule has 0 radical (unpaired) electrons. The molecule has 2 aliphatic rings. The SMILES string of the molecule is CN(C)C(C1CCC1)C1CC1C(=O)O. The smallest absolute Gasteiger partial charge is 0.306 e. The molecule has 0 bridgehead atoms. The van der Waals surface area contributed by atoms with Gasteiger partial charge < -0.3 is 10.0 Å². The Hall–Kier alpha value is -0.570. The van der Waals surface area contributed by atoms with Crippen molar-refractivity contribution in [2.45, 2.75) is 31.7 Å². The first-order chi connectivity index (χ1) is 6.61. The zero-order valence-electron chi connectivity index (χ0n) is 8.94. The molecule has 0 aliphatic heterocycles. The summed E-state index contributed by atoms with van der Waals surface area (Å²) >= 11 is 0. The number of carbonyl (C=O) groups is 1. The third-order valence-corrected chi connectivity index (χ3v) is 3.82. The molecule has 0 aromatic carbocycles. The lowest BCUT2D eigenvalue weighted by molar-refractivity contribution is -0.139. The summed E-state index contributed by atoms with van der Waals surface area (Å²) < 4.78 is 0. The molecule has 0 spiro atoms. The Morgan fingerprint density at radius 1 is 1.43 bits per heavy atom. The van der Waals surface area contributed by atoms with Crippen LogP contribution in [0.1, 0.15) is 25.7 Å². The molecule has 3 atom stereocenters. The maximum Gasteiger partial charge on any atom is 0.306 e. The van der Waals surface area contributed by atoms with Gasteiger partial charge in [-0.2, -0.15) is 0 Å². The summed E-state index contributed by atoms with van der Waals surface area (Å²) in [6.45, 7) is 0. The van der Waals surface area contributed by atoms with Crippen molar-refractivity contribution in [3.05, 3.63) is 0 Å². The highest BCUT2D eigenvalue weighted by Crippen LogP contribution is 2.48. The van der Waals surface area contributed by atoms with Crippen LogP contribution in [-0.4, -0.2) is 36.1 Å². The second-order valence-electron chi connectivity index (χ2n) is 4.99. The number of carboxylic acid groups (broad SMARTS) is 1. The van der Waals surface area contributed by atoms with E-state index in [0.717, 1.165) is 12.3 Å². The molecule has 0 aromatic rings. The lowest BCUT2D eigenvalue weighted by atomic mass is 9.77. The molecule has 3 unspecified atom stereocenters. The summed E-state index contributed by atoms with van der Waals surface area (Å²) in [5.74, 6) is 0.538. The molecule has 2 rings (SSSR count). The van der Waals surface area contributed by atoms with E-state index in [1.54, 1.807) is 0 Å². The van der Waals surface area contributed by atoms with Crippen LogP contribution in [0.5, 0.6) is 0 Å².